The van der Waals surface area contributed by atoms with Crippen molar-refractivity contribution in [3.8, 4) is 0 Å². The Morgan fingerprint density at radius 1 is 1.33 bits per heavy atom. The summed E-state index contributed by atoms with van der Waals surface area (Å²) in [5.74, 6) is -0.733. The number of halogens is 2. The summed E-state index contributed by atoms with van der Waals surface area (Å²) in [6, 6.07) is 0. The topological polar surface area (TPSA) is 0 Å². The van der Waals surface area contributed by atoms with E-state index in [-0.39, 0.29) is 12.2 Å². The first-order valence-corrected chi connectivity index (χ1v) is 3.94. The molecule has 0 aliphatic heterocycles. The summed E-state index contributed by atoms with van der Waals surface area (Å²) < 4.78 is 25.3. The normalized spacial score (nSPS) is 13.3. The molecule has 2 heteroatoms. The van der Waals surface area contributed by atoms with Crippen LogP contribution in [0.25, 0.3) is 0 Å². The second-order valence-corrected chi connectivity index (χ2v) is 2.60. The molecule has 0 atom stereocenters. The van der Waals surface area contributed by atoms with Crippen LogP contribution in [0.2, 0.25) is 0 Å². The molecule has 68 valence electrons. The third-order valence-electron chi connectivity index (χ3n) is 1.31. The van der Waals surface area contributed by atoms with Crippen LogP contribution in [-0.4, -0.2) is 0 Å². The van der Waals surface area contributed by atoms with Gasteiger partial charge in [-0.25, -0.2) is 8.78 Å². The summed E-state index contributed by atoms with van der Waals surface area (Å²) in [7, 11) is 0. The molecule has 0 fully saturated rings. The first-order valence-electron chi connectivity index (χ1n) is 3.94. The van der Waals surface area contributed by atoms with Crippen LogP contribution in [0, 0.1) is 0 Å². The summed E-state index contributed by atoms with van der Waals surface area (Å²) >= 11 is 0. The highest BCUT2D eigenvalue weighted by molar-refractivity contribution is 5.20. The summed E-state index contributed by atoms with van der Waals surface area (Å²) in [5.41, 5.74) is 0.333. The zero-order valence-corrected chi connectivity index (χ0v) is 7.53. The molecule has 0 aromatic rings. The number of allylic oxidation sites excluding steroid dienone is 5. The Kier molecular flexibility index (Phi) is 5.26. The Morgan fingerprint density at radius 3 is 2.33 bits per heavy atom. The molecule has 0 N–H and O–H groups in total. The SMILES string of the molecule is C=C(C)C(F)=CC/C(F)=C\CC. The van der Waals surface area contributed by atoms with Crippen LogP contribution in [0.4, 0.5) is 8.78 Å². The van der Waals surface area contributed by atoms with E-state index in [2.05, 4.69) is 6.58 Å². The number of rotatable bonds is 4. The fourth-order valence-electron chi connectivity index (χ4n) is 0.666. The molecule has 0 nitrogen and oxygen atoms in total. The molecule has 0 radical (unpaired) electrons. The minimum absolute atomic E-state index is 0.0204. The average molecular weight is 172 g/mol. The van der Waals surface area contributed by atoms with Crippen molar-refractivity contribution in [3.05, 3.63) is 36.0 Å². The van der Waals surface area contributed by atoms with Gasteiger partial charge >= 0.3 is 0 Å². The maximum atomic E-state index is 12.7. The monoisotopic (exact) mass is 172 g/mol. The molecule has 0 bridgehead atoms. The van der Waals surface area contributed by atoms with Gasteiger partial charge in [0.15, 0.2) is 0 Å². The van der Waals surface area contributed by atoms with E-state index in [0.29, 0.717) is 12.0 Å². The summed E-state index contributed by atoms with van der Waals surface area (Å²) in [4.78, 5) is 0. The van der Waals surface area contributed by atoms with Gasteiger partial charge in [0.2, 0.25) is 0 Å². The average Bonchev–Trinajstić information content (AvgIpc) is 2.00. The minimum atomic E-state index is -0.436. The van der Waals surface area contributed by atoms with Crippen molar-refractivity contribution >= 4 is 0 Å². The number of hydrogen-bond acceptors (Lipinski definition) is 0. The predicted octanol–water partition coefficient (Wildman–Crippen LogP) is 4.07. The molecule has 12 heavy (non-hydrogen) atoms. The molecular weight excluding hydrogens is 158 g/mol. The smallest absolute Gasteiger partial charge is 0.121 e. The maximum Gasteiger partial charge on any atom is 0.121 e. The first kappa shape index (κ1) is 11.1. The zero-order valence-electron chi connectivity index (χ0n) is 7.53. The van der Waals surface area contributed by atoms with Crippen molar-refractivity contribution in [1.29, 1.82) is 0 Å². The maximum absolute atomic E-state index is 12.7. The van der Waals surface area contributed by atoms with Gasteiger partial charge in [-0.05, 0) is 25.0 Å². The highest BCUT2D eigenvalue weighted by Gasteiger charge is 1.95. The molecule has 0 saturated heterocycles. The molecule has 0 aromatic heterocycles. The predicted molar refractivity (Wildman–Crippen MR) is 48.1 cm³/mol. The lowest BCUT2D eigenvalue weighted by Gasteiger charge is -1.93. The van der Waals surface area contributed by atoms with Crippen LogP contribution in [0.15, 0.2) is 36.0 Å². The van der Waals surface area contributed by atoms with Crippen molar-refractivity contribution in [1.82, 2.24) is 0 Å². The summed E-state index contributed by atoms with van der Waals surface area (Å²) in [6.07, 6.45) is 3.28. The summed E-state index contributed by atoms with van der Waals surface area (Å²) in [6.45, 7) is 6.77. The van der Waals surface area contributed by atoms with E-state index < -0.39 is 5.83 Å². The van der Waals surface area contributed by atoms with E-state index >= 15 is 0 Å². The Morgan fingerprint density at radius 2 is 1.92 bits per heavy atom. The Bertz CT molecular complexity index is 212. The van der Waals surface area contributed by atoms with E-state index in [1.165, 1.54) is 12.2 Å². The van der Waals surface area contributed by atoms with Crippen LogP contribution < -0.4 is 0 Å². The zero-order chi connectivity index (χ0) is 9.56. The van der Waals surface area contributed by atoms with Gasteiger partial charge in [-0.3, -0.25) is 0 Å². The minimum Gasteiger partial charge on any atom is -0.212 e. The molecule has 0 spiro atoms. The van der Waals surface area contributed by atoms with Crippen LogP contribution in [0.3, 0.4) is 0 Å². The first-order chi connectivity index (χ1) is 5.57. The quantitative estimate of drug-likeness (QED) is 0.561. The van der Waals surface area contributed by atoms with Gasteiger partial charge in [-0.2, -0.15) is 0 Å². The molecule has 0 saturated carbocycles. The Hall–Kier alpha value is -0.920. The molecule has 0 rings (SSSR count). The van der Waals surface area contributed by atoms with Crippen LogP contribution in [-0.2, 0) is 0 Å². The second-order valence-electron chi connectivity index (χ2n) is 2.60. The van der Waals surface area contributed by atoms with Crippen molar-refractivity contribution in [2.24, 2.45) is 0 Å². The van der Waals surface area contributed by atoms with Crippen molar-refractivity contribution in [2.75, 3.05) is 0 Å². The largest absolute Gasteiger partial charge is 0.212 e. The fraction of sp³-hybridized carbons (Fsp3) is 0.400. The van der Waals surface area contributed by atoms with Gasteiger partial charge in [-0.1, -0.05) is 19.6 Å². The Labute approximate surface area is 72.3 Å². The lowest BCUT2D eigenvalue weighted by atomic mass is 10.2. The molecule has 0 aromatic carbocycles. The highest BCUT2D eigenvalue weighted by atomic mass is 19.1. The van der Waals surface area contributed by atoms with Crippen LogP contribution >= 0.6 is 0 Å². The number of hydrogen-bond donors (Lipinski definition) is 0. The van der Waals surface area contributed by atoms with Gasteiger partial charge < -0.3 is 0 Å². The van der Waals surface area contributed by atoms with Crippen LogP contribution in [0.5, 0.6) is 0 Å². The van der Waals surface area contributed by atoms with Crippen molar-refractivity contribution < 1.29 is 8.78 Å². The standard InChI is InChI=1S/C10H14F2/c1-4-5-9(11)6-7-10(12)8(2)3/h5,7H,2,4,6H2,1,3H3/b9-5+,10-7?. The second kappa shape index (κ2) is 5.70. The molecule has 0 heterocycles. The van der Waals surface area contributed by atoms with Gasteiger partial charge in [0.05, 0.1) is 5.83 Å². The van der Waals surface area contributed by atoms with E-state index in [4.69, 9.17) is 0 Å². The van der Waals surface area contributed by atoms with Crippen molar-refractivity contribution in [3.63, 3.8) is 0 Å². The molecule has 0 aliphatic rings. The lowest BCUT2D eigenvalue weighted by Crippen LogP contribution is -1.76. The molecule has 0 aliphatic carbocycles. The van der Waals surface area contributed by atoms with Gasteiger partial charge in [0, 0.05) is 6.42 Å². The van der Waals surface area contributed by atoms with E-state index in [0.717, 1.165) is 0 Å². The van der Waals surface area contributed by atoms with E-state index in [9.17, 15) is 8.78 Å². The van der Waals surface area contributed by atoms with E-state index in [1.54, 1.807) is 6.92 Å². The van der Waals surface area contributed by atoms with Crippen molar-refractivity contribution in [2.45, 2.75) is 26.7 Å². The Balaban J connectivity index is 4.04. The van der Waals surface area contributed by atoms with E-state index in [1.807, 2.05) is 6.92 Å². The fourth-order valence-corrected chi connectivity index (χ4v) is 0.666. The third-order valence-corrected chi connectivity index (χ3v) is 1.31. The molecule has 0 unspecified atom stereocenters. The summed E-state index contributed by atoms with van der Waals surface area (Å²) in [5, 5.41) is 0. The highest BCUT2D eigenvalue weighted by Crippen LogP contribution is 2.13. The molecular formula is C10H14F2. The third kappa shape index (κ3) is 4.83. The van der Waals surface area contributed by atoms with Gasteiger partial charge in [-0.15, -0.1) is 0 Å². The van der Waals surface area contributed by atoms with Gasteiger partial charge in [0.1, 0.15) is 5.83 Å². The lowest BCUT2D eigenvalue weighted by molar-refractivity contribution is 0.599. The van der Waals surface area contributed by atoms with Crippen LogP contribution in [0.1, 0.15) is 26.7 Å². The van der Waals surface area contributed by atoms with Gasteiger partial charge in [0.25, 0.3) is 0 Å². The molecule has 0 amide bonds.